The molecule has 0 spiro atoms. The van der Waals surface area contributed by atoms with Crippen molar-refractivity contribution in [1.82, 2.24) is 9.78 Å². The third kappa shape index (κ3) is 3.46. The Morgan fingerprint density at radius 3 is 2.24 bits per heavy atom. The summed E-state index contributed by atoms with van der Waals surface area (Å²) in [6, 6.07) is 12.7. The van der Waals surface area contributed by atoms with E-state index in [1.54, 1.807) is 0 Å². The van der Waals surface area contributed by atoms with E-state index in [0.717, 1.165) is 23.1 Å². The minimum Gasteiger partial charge on any atom is -0.288 e. The summed E-state index contributed by atoms with van der Waals surface area (Å²) in [5.74, 6) is 0. The summed E-state index contributed by atoms with van der Waals surface area (Å²) in [6.45, 7) is 1.67. The maximum Gasteiger partial charge on any atom is 0.0646 e. The van der Waals surface area contributed by atoms with Crippen molar-refractivity contribution in [3.8, 4) is 11.1 Å². The van der Waals surface area contributed by atoms with Gasteiger partial charge in [0.1, 0.15) is 0 Å². The normalized spacial score (nSPS) is 13.4. The van der Waals surface area contributed by atoms with Gasteiger partial charge in [-0.3, -0.25) is 14.7 Å². The lowest BCUT2D eigenvalue weighted by atomic mass is 10.0. The molecule has 2 aliphatic rings. The second kappa shape index (κ2) is 6.76. The van der Waals surface area contributed by atoms with E-state index >= 15 is 0 Å². The second-order valence-electron chi connectivity index (χ2n) is 6.10. The molecule has 0 fully saturated rings. The molecule has 0 N–H and O–H groups in total. The number of fused-ring (bicyclic) bond motifs is 2. The molecule has 3 aromatic rings. The first-order chi connectivity index (χ1) is 12.2. The Morgan fingerprint density at radius 2 is 1.56 bits per heavy atom. The number of nitrogens with zero attached hydrogens (tertiary/aromatic N) is 4. The first-order valence-corrected chi connectivity index (χ1v) is 8.88. The predicted molar refractivity (Wildman–Crippen MR) is 105 cm³/mol. The van der Waals surface area contributed by atoms with E-state index < -0.39 is 0 Å². The highest BCUT2D eigenvalue weighted by molar-refractivity contribution is 9.10. The van der Waals surface area contributed by atoms with Crippen LogP contribution in [0.15, 0.2) is 63.2 Å². The van der Waals surface area contributed by atoms with Gasteiger partial charge >= 0.3 is 0 Å². The number of rotatable bonds is 1. The molecule has 25 heavy (non-hydrogen) atoms. The van der Waals surface area contributed by atoms with Crippen LogP contribution in [0.5, 0.6) is 0 Å². The zero-order chi connectivity index (χ0) is 17.2. The van der Waals surface area contributed by atoms with E-state index in [2.05, 4.69) is 61.3 Å². The lowest BCUT2D eigenvalue weighted by Gasteiger charge is -2.00. The number of hydrogen-bond donors (Lipinski definition) is 0. The SMILES string of the molecule is Brc1ccc2c(c1)C=NC2.Cn1cc(-c2ccc3c(c2)C=NC3)cn1. The molecule has 0 bridgehead atoms. The standard InChI is InChI=1S/C12H11N3.C8H6BrN/c1-15-8-12(7-14-15)9-2-3-10-5-13-6-11(10)4-9;9-8-2-1-6-4-10-5-7(6)3-8/h2-4,6-8H,5H2,1H3;1-3,5H,4H2. The van der Waals surface area contributed by atoms with Gasteiger partial charge in [0, 0.05) is 35.7 Å². The van der Waals surface area contributed by atoms with Crippen molar-refractivity contribution in [3.63, 3.8) is 0 Å². The summed E-state index contributed by atoms with van der Waals surface area (Å²) in [7, 11) is 1.93. The maximum absolute atomic E-state index is 4.25. The fourth-order valence-corrected chi connectivity index (χ4v) is 3.30. The molecule has 4 nitrogen and oxygen atoms in total. The van der Waals surface area contributed by atoms with Crippen LogP contribution in [0.1, 0.15) is 22.3 Å². The fraction of sp³-hybridized carbons (Fsp3) is 0.150. The highest BCUT2D eigenvalue weighted by Gasteiger charge is 2.08. The summed E-state index contributed by atoms with van der Waals surface area (Å²) in [6.07, 6.45) is 7.76. The summed E-state index contributed by atoms with van der Waals surface area (Å²) < 4.78 is 2.94. The number of halogens is 1. The van der Waals surface area contributed by atoms with Crippen LogP contribution < -0.4 is 0 Å². The van der Waals surface area contributed by atoms with Gasteiger partial charge in [0.05, 0.1) is 19.3 Å². The summed E-state index contributed by atoms with van der Waals surface area (Å²) in [4.78, 5) is 8.39. The molecule has 0 unspecified atom stereocenters. The number of aliphatic imine (C=N–C) groups is 2. The lowest BCUT2D eigenvalue weighted by Crippen LogP contribution is -1.86. The third-order valence-electron chi connectivity index (χ3n) is 4.28. The molecule has 0 saturated heterocycles. The van der Waals surface area contributed by atoms with Gasteiger partial charge in [-0.2, -0.15) is 5.10 Å². The largest absolute Gasteiger partial charge is 0.288 e. The van der Waals surface area contributed by atoms with Crippen LogP contribution in [0, 0.1) is 0 Å². The van der Waals surface area contributed by atoms with Gasteiger partial charge in [-0.1, -0.05) is 34.1 Å². The molecule has 0 aliphatic carbocycles. The van der Waals surface area contributed by atoms with E-state index in [1.807, 2.05) is 42.6 Å². The van der Waals surface area contributed by atoms with Crippen LogP contribution in [0.4, 0.5) is 0 Å². The topological polar surface area (TPSA) is 42.5 Å². The Labute approximate surface area is 155 Å². The van der Waals surface area contributed by atoms with Crippen LogP contribution in [0.2, 0.25) is 0 Å². The first-order valence-electron chi connectivity index (χ1n) is 8.09. The van der Waals surface area contributed by atoms with Crippen LogP contribution in [-0.2, 0) is 20.1 Å². The van der Waals surface area contributed by atoms with E-state index in [1.165, 1.54) is 27.8 Å². The quantitative estimate of drug-likeness (QED) is 0.604. The molecule has 2 aromatic carbocycles. The van der Waals surface area contributed by atoms with Crippen molar-refractivity contribution < 1.29 is 0 Å². The van der Waals surface area contributed by atoms with Crippen molar-refractivity contribution in [2.75, 3.05) is 0 Å². The molecular weight excluding hydrogens is 376 g/mol. The van der Waals surface area contributed by atoms with Crippen molar-refractivity contribution in [3.05, 3.63) is 75.5 Å². The van der Waals surface area contributed by atoms with Gasteiger partial charge in [0.15, 0.2) is 0 Å². The van der Waals surface area contributed by atoms with Crippen LogP contribution in [0.3, 0.4) is 0 Å². The van der Waals surface area contributed by atoms with Gasteiger partial charge in [-0.25, -0.2) is 0 Å². The first kappa shape index (κ1) is 16.0. The van der Waals surface area contributed by atoms with Crippen molar-refractivity contribution in [2.24, 2.45) is 17.0 Å². The monoisotopic (exact) mass is 392 g/mol. The lowest BCUT2D eigenvalue weighted by molar-refractivity contribution is 0.768. The van der Waals surface area contributed by atoms with E-state index in [0.29, 0.717) is 0 Å². The van der Waals surface area contributed by atoms with E-state index in [9.17, 15) is 0 Å². The zero-order valence-electron chi connectivity index (χ0n) is 13.9. The Morgan fingerprint density at radius 1 is 0.880 bits per heavy atom. The number of benzene rings is 2. The summed E-state index contributed by atoms with van der Waals surface area (Å²) in [5, 5.41) is 4.17. The van der Waals surface area contributed by atoms with Gasteiger partial charge in [0.25, 0.3) is 0 Å². The minimum atomic E-state index is 0.822. The van der Waals surface area contributed by atoms with Crippen molar-refractivity contribution in [2.45, 2.75) is 13.1 Å². The summed E-state index contributed by atoms with van der Waals surface area (Å²) in [5.41, 5.74) is 7.47. The number of aromatic nitrogens is 2. The minimum absolute atomic E-state index is 0.822. The number of aryl methyl sites for hydroxylation is 1. The van der Waals surface area contributed by atoms with Crippen LogP contribution in [-0.4, -0.2) is 22.2 Å². The molecule has 0 atom stereocenters. The zero-order valence-corrected chi connectivity index (χ0v) is 15.4. The van der Waals surface area contributed by atoms with Crippen molar-refractivity contribution in [1.29, 1.82) is 0 Å². The average molecular weight is 393 g/mol. The van der Waals surface area contributed by atoms with Gasteiger partial charge in [0.2, 0.25) is 0 Å². The molecule has 0 radical (unpaired) electrons. The Hall–Kier alpha value is -2.53. The molecule has 5 heteroatoms. The smallest absolute Gasteiger partial charge is 0.0646 e. The van der Waals surface area contributed by atoms with E-state index in [-0.39, 0.29) is 0 Å². The average Bonchev–Trinajstić information content (AvgIpc) is 3.34. The molecule has 124 valence electrons. The molecule has 1 aromatic heterocycles. The number of hydrogen-bond acceptors (Lipinski definition) is 3. The highest BCUT2D eigenvalue weighted by atomic mass is 79.9. The molecule has 5 rings (SSSR count). The Bertz CT molecular complexity index is 985. The summed E-state index contributed by atoms with van der Waals surface area (Å²) >= 11 is 3.40. The van der Waals surface area contributed by atoms with Crippen LogP contribution >= 0.6 is 15.9 Å². The van der Waals surface area contributed by atoms with E-state index in [4.69, 9.17) is 0 Å². The third-order valence-corrected chi connectivity index (χ3v) is 4.77. The molecule has 0 amide bonds. The van der Waals surface area contributed by atoms with Gasteiger partial charge in [-0.15, -0.1) is 0 Å². The van der Waals surface area contributed by atoms with Crippen molar-refractivity contribution >= 4 is 28.4 Å². The highest BCUT2D eigenvalue weighted by Crippen LogP contribution is 2.23. The Kier molecular flexibility index (Phi) is 4.32. The molecular formula is C20H17BrN4. The molecule has 0 saturated carbocycles. The molecule has 2 aliphatic heterocycles. The second-order valence-corrected chi connectivity index (χ2v) is 7.01. The van der Waals surface area contributed by atoms with Gasteiger partial charge in [-0.05, 0) is 46.0 Å². The van der Waals surface area contributed by atoms with Gasteiger partial charge < -0.3 is 0 Å². The Balaban J connectivity index is 0.000000136. The predicted octanol–water partition coefficient (Wildman–Crippen LogP) is 4.40. The maximum atomic E-state index is 4.25. The molecule has 3 heterocycles. The van der Waals surface area contributed by atoms with Crippen LogP contribution in [0.25, 0.3) is 11.1 Å². The fourth-order valence-electron chi connectivity index (χ4n) is 2.92.